The van der Waals surface area contributed by atoms with Crippen LogP contribution < -0.4 is 9.64 Å². The molecule has 0 aliphatic carbocycles. The first-order chi connectivity index (χ1) is 13.7. The smallest absolute Gasteiger partial charge is 0.226 e. The third-order valence-corrected chi connectivity index (χ3v) is 5.91. The normalized spacial score (nSPS) is 16.3. The number of fused-ring (bicyclic) bond motifs is 3. The lowest BCUT2D eigenvalue weighted by atomic mass is 9.97. The lowest BCUT2D eigenvalue weighted by molar-refractivity contribution is 0.301. The van der Waals surface area contributed by atoms with Crippen LogP contribution in [-0.4, -0.2) is 23.1 Å². The molecule has 1 saturated heterocycles. The second-order valence-corrected chi connectivity index (χ2v) is 8.10. The monoisotopic (exact) mass is 391 g/mol. The molecule has 3 aromatic rings. The van der Waals surface area contributed by atoms with Crippen LogP contribution in [-0.2, 0) is 6.61 Å². The maximum atomic E-state index is 6.28. The summed E-state index contributed by atoms with van der Waals surface area (Å²) in [5.41, 5.74) is 4.94. The van der Waals surface area contributed by atoms with Crippen molar-refractivity contribution in [1.82, 2.24) is 9.97 Å². The van der Waals surface area contributed by atoms with Gasteiger partial charge in [-0.25, -0.2) is 9.97 Å². The van der Waals surface area contributed by atoms with Crippen LogP contribution >= 0.6 is 11.6 Å². The van der Waals surface area contributed by atoms with Gasteiger partial charge in [-0.05, 0) is 43.0 Å². The van der Waals surface area contributed by atoms with Gasteiger partial charge < -0.3 is 9.64 Å². The predicted octanol–water partition coefficient (Wildman–Crippen LogP) is 5.59. The summed E-state index contributed by atoms with van der Waals surface area (Å²) in [6, 6.07) is 16.0. The fraction of sp³-hybridized carbons (Fsp3) is 0.304. The van der Waals surface area contributed by atoms with Crippen molar-refractivity contribution < 1.29 is 4.74 Å². The Morgan fingerprint density at radius 2 is 1.79 bits per heavy atom. The molecule has 0 bridgehead atoms. The Morgan fingerprint density at radius 1 is 1.00 bits per heavy atom. The Morgan fingerprint density at radius 3 is 2.61 bits per heavy atom. The second kappa shape index (κ2) is 7.10. The highest BCUT2D eigenvalue weighted by atomic mass is 35.5. The van der Waals surface area contributed by atoms with Gasteiger partial charge in [0.15, 0.2) is 0 Å². The summed E-state index contributed by atoms with van der Waals surface area (Å²) in [5.74, 6) is 2.44. The van der Waals surface area contributed by atoms with Gasteiger partial charge in [0.2, 0.25) is 5.95 Å². The zero-order chi connectivity index (χ0) is 19.1. The van der Waals surface area contributed by atoms with E-state index < -0.39 is 0 Å². The molecule has 28 heavy (non-hydrogen) atoms. The first kappa shape index (κ1) is 17.5. The summed E-state index contributed by atoms with van der Waals surface area (Å²) in [5, 5.41) is 0.704. The van der Waals surface area contributed by atoms with Gasteiger partial charge in [-0.2, -0.15) is 0 Å². The van der Waals surface area contributed by atoms with E-state index >= 15 is 0 Å². The van der Waals surface area contributed by atoms with Crippen molar-refractivity contribution in [2.24, 2.45) is 5.92 Å². The molecule has 0 spiro atoms. The molecule has 4 nitrogen and oxygen atoms in total. The molecule has 0 unspecified atom stereocenters. The number of ether oxygens (including phenoxy) is 1. The molecule has 142 valence electrons. The van der Waals surface area contributed by atoms with E-state index in [2.05, 4.69) is 24.0 Å². The van der Waals surface area contributed by atoms with E-state index in [1.54, 1.807) is 0 Å². The zero-order valence-electron chi connectivity index (χ0n) is 15.9. The number of para-hydroxylation sites is 1. The topological polar surface area (TPSA) is 38.2 Å². The molecule has 3 heterocycles. The van der Waals surface area contributed by atoms with E-state index in [0.717, 1.165) is 58.8 Å². The Balaban J connectivity index is 1.69. The highest BCUT2D eigenvalue weighted by molar-refractivity contribution is 6.30. The third-order valence-electron chi connectivity index (χ3n) is 5.67. The summed E-state index contributed by atoms with van der Waals surface area (Å²) in [4.78, 5) is 12.3. The van der Waals surface area contributed by atoms with Gasteiger partial charge in [0.05, 0.1) is 11.4 Å². The van der Waals surface area contributed by atoms with Crippen molar-refractivity contribution in [3.8, 4) is 28.3 Å². The van der Waals surface area contributed by atoms with Crippen LogP contribution in [0.15, 0.2) is 48.5 Å². The largest absolute Gasteiger partial charge is 0.488 e. The van der Waals surface area contributed by atoms with Gasteiger partial charge in [0, 0.05) is 34.8 Å². The second-order valence-electron chi connectivity index (χ2n) is 7.66. The van der Waals surface area contributed by atoms with E-state index in [0.29, 0.717) is 11.6 Å². The lowest BCUT2D eigenvalue weighted by Crippen LogP contribution is -2.34. The Kier molecular flexibility index (Phi) is 4.44. The summed E-state index contributed by atoms with van der Waals surface area (Å²) in [6.07, 6.45) is 2.35. The SMILES string of the molecule is CC1CCN(c2nc(-c3cccc(Cl)c3)c3c(n2)-c2ccccc2OC3)CC1. The molecule has 0 N–H and O–H groups in total. The number of piperidine rings is 1. The van der Waals surface area contributed by atoms with Crippen LogP contribution in [0.25, 0.3) is 22.5 Å². The van der Waals surface area contributed by atoms with Crippen molar-refractivity contribution in [3.05, 3.63) is 59.1 Å². The minimum absolute atomic E-state index is 0.464. The van der Waals surface area contributed by atoms with E-state index in [-0.39, 0.29) is 0 Å². The molecule has 0 amide bonds. The molecule has 0 atom stereocenters. The average molecular weight is 392 g/mol. The van der Waals surface area contributed by atoms with E-state index in [1.165, 1.54) is 12.8 Å². The first-order valence-corrected chi connectivity index (χ1v) is 10.2. The summed E-state index contributed by atoms with van der Waals surface area (Å²) >= 11 is 6.28. The minimum Gasteiger partial charge on any atom is -0.488 e. The standard InChI is InChI=1S/C23H22ClN3O/c1-15-9-11-27(12-10-15)23-25-21(16-5-4-6-17(24)13-16)19-14-28-20-8-3-2-7-18(20)22(19)26-23/h2-8,13,15H,9-12,14H2,1H3. The number of rotatable bonds is 2. The number of aromatic nitrogens is 2. The lowest BCUT2D eigenvalue weighted by Gasteiger charge is -2.32. The Labute approximate surface area is 170 Å². The molecule has 1 aromatic heterocycles. The first-order valence-electron chi connectivity index (χ1n) is 9.83. The van der Waals surface area contributed by atoms with Gasteiger partial charge in [0.1, 0.15) is 12.4 Å². The molecular weight excluding hydrogens is 370 g/mol. The van der Waals surface area contributed by atoms with Gasteiger partial charge in [-0.15, -0.1) is 0 Å². The molecule has 2 aliphatic rings. The van der Waals surface area contributed by atoms with Crippen LogP contribution in [0.3, 0.4) is 0 Å². The molecular formula is C23H22ClN3O. The molecule has 0 saturated carbocycles. The van der Waals surface area contributed by atoms with Gasteiger partial charge in [0.25, 0.3) is 0 Å². The van der Waals surface area contributed by atoms with E-state index in [4.69, 9.17) is 26.3 Å². The quantitative estimate of drug-likeness (QED) is 0.570. The van der Waals surface area contributed by atoms with E-state index in [1.807, 2.05) is 36.4 Å². The predicted molar refractivity (Wildman–Crippen MR) is 113 cm³/mol. The highest BCUT2D eigenvalue weighted by Crippen LogP contribution is 2.41. The van der Waals surface area contributed by atoms with Gasteiger partial charge in [-0.3, -0.25) is 0 Å². The number of nitrogens with zero attached hydrogens (tertiary/aromatic N) is 3. The molecule has 5 rings (SSSR count). The molecule has 1 fully saturated rings. The molecule has 2 aliphatic heterocycles. The molecule has 0 radical (unpaired) electrons. The van der Waals surface area contributed by atoms with Crippen LogP contribution in [0.1, 0.15) is 25.3 Å². The Hall–Kier alpha value is -2.59. The third kappa shape index (κ3) is 3.12. The number of halogens is 1. The highest BCUT2D eigenvalue weighted by Gasteiger charge is 2.27. The molecule has 2 aromatic carbocycles. The van der Waals surface area contributed by atoms with Crippen molar-refractivity contribution in [3.63, 3.8) is 0 Å². The number of anilines is 1. The van der Waals surface area contributed by atoms with Crippen LogP contribution in [0.2, 0.25) is 5.02 Å². The summed E-state index contributed by atoms with van der Waals surface area (Å²) in [7, 11) is 0. The number of hydrogen-bond donors (Lipinski definition) is 0. The maximum absolute atomic E-state index is 6.28. The van der Waals surface area contributed by atoms with Crippen molar-refractivity contribution in [1.29, 1.82) is 0 Å². The molecule has 5 heteroatoms. The van der Waals surface area contributed by atoms with E-state index in [9.17, 15) is 0 Å². The number of hydrogen-bond acceptors (Lipinski definition) is 4. The Bertz CT molecular complexity index is 1030. The summed E-state index contributed by atoms with van der Waals surface area (Å²) in [6.45, 7) is 4.77. The fourth-order valence-corrected chi connectivity index (χ4v) is 4.18. The van der Waals surface area contributed by atoms with Crippen molar-refractivity contribution >= 4 is 17.5 Å². The minimum atomic E-state index is 0.464. The summed E-state index contributed by atoms with van der Waals surface area (Å²) < 4.78 is 6.02. The zero-order valence-corrected chi connectivity index (χ0v) is 16.6. The van der Waals surface area contributed by atoms with Gasteiger partial charge in [-0.1, -0.05) is 42.8 Å². The van der Waals surface area contributed by atoms with Crippen molar-refractivity contribution in [2.75, 3.05) is 18.0 Å². The van der Waals surface area contributed by atoms with Crippen molar-refractivity contribution in [2.45, 2.75) is 26.4 Å². The van der Waals surface area contributed by atoms with Crippen LogP contribution in [0.5, 0.6) is 5.75 Å². The number of benzene rings is 2. The van der Waals surface area contributed by atoms with Crippen LogP contribution in [0.4, 0.5) is 5.95 Å². The average Bonchev–Trinajstić information content (AvgIpc) is 2.73. The maximum Gasteiger partial charge on any atom is 0.226 e. The van der Waals surface area contributed by atoms with Gasteiger partial charge >= 0.3 is 0 Å². The van der Waals surface area contributed by atoms with Crippen LogP contribution in [0, 0.1) is 5.92 Å². The fourth-order valence-electron chi connectivity index (χ4n) is 3.99.